The summed E-state index contributed by atoms with van der Waals surface area (Å²) in [6, 6.07) is 12.1. The van der Waals surface area contributed by atoms with Gasteiger partial charge < -0.3 is 0 Å². The van der Waals surface area contributed by atoms with Crippen molar-refractivity contribution in [1.82, 2.24) is 9.44 Å². The molecule has 0 unspecified atom stereocenters. The van der Waals surface area contributed by atoms with Crippen LogP contribution in [0.3, 0.4) is 0 Å². The lowest BCUT2D eigenvalue weighted by molar-refractivity contribution is 0.219. The lowest BCUT2D eigenvalue weighted by atomic mass is 9.76. The number of hydrogen-bond donors (Lipinski definition) is 2. The van der Waals surface area contributed by atoms with Gasteiger partial charge in [-0.1, -0.05) is 49.9 Å². The van der Waals surface area contributed by atoms with Crippen molar-refractivity contribution < 1.29 is 16.8 Å². The van der Waals surface area contributed by atoms with Crippen LogP contribution in [0.2, 0.25) is 10.0 Å². The third kappa shape index (κ3) is 8.53. The molecule has 0 aromatic heterocycles. The van der Waals surface area contributed by atoms with E-state index in [9.17, 15) is 16.8 Å². The summed E-state index contributed by atoms with van der Waals surface area (Å²) >= 11 is 11.7. The van der Waals surface area contributed by atoms with E-state index in [4.69, 9.17) is 23.2 Å². The van der Waals surface area contributed by atoms with Crippen LogP contribution in [0.1, 0.15) is 52.4 Å². The Bertz CT molecular complexity index is 1090. The molecule has 0 saturated carbocycles. The summed E-state index contributed by atoms with van der Waals surface area (Å²) in [5, 5.41) is 0.944. The predicted octanol–water partition coefficient (Wildman–Crippen LogP) is 5.62. The van der Waals surface area contributed by atoms with Gasteiger partial charge in [-0.3, -0.25) is 0 Å². The van der Waals surface area contributed by atoms with E-state index < -0.39 is 20.0 Å². The molecule has 0 aliphatic heterocycles. The number of unbranched alkanes of at least 4 members (excludes halogenated alkanes) is 1. The second-order valence-electron chi connectivity index (χ2n) is 8.19. The van der Waals surface area contributed by atoms with Gasteiger partial charge in [0.15, 0.2) is 0 Å². The van der Waals surface area contributed by atoms with Crippen LogP contribution in [0.15, 0.2) is 58.3 Å². The molecule has 0 bridgehead atoms. The molecule has 0 aliphatic carbocycles. The second kappa shape index (κ2) is 12.5. The molecular weight excluding hydrogens is 503 g/mol. The molecule has 0 amide bonds. The summed E-state index contributed by atoms with van der Waals surface area (Å²) in [7, 11) is -7.29. The van der Waals surface area contributed by atoms with Gasteiger partial charge in [0.05, 0.1) is 9.79 Å². The summed E-state index contributed by atoms with van der Waals surface area (Å²) in [4.78, 5) is 0.332. The molecule has 0 spiro atoms. The first-order valence-electron chi connectivity index (χ1n) is 11.0. The molecule has 33 heavy (non-hydrogen) atoms. The van der Waals surface area contributed by atoms with Crippen molar-refractivity contribution in [2.45, 2.75) is 62.2 Å². The first-order valence-corrected chi connectivity index (χ1v) is 14.8. The van der Waals surface area contributed by atoms with Gasteiger partial charge in [0.2, 0.25) is 20.0 Å². The van der Waals surface area contributed by atoms with Gasteiger partial charge in [-0.25, -0.2) is 26.3 Å². The van der Waals surface area contributed by atoms with Crippen molar-refractivity contribution >= 4 is 43.2 Å². The van der Waals surface area contributed by atoms with Gasteiger partial charge in [0, 0.05) is 23.1 Å². The highest BCUT2D eigenvalue weighted by molar-refractivity contribution is 7.89. The first-order chi connectivity index (χ1) is 15.5. The summed E-state index contributed by atoms with van der Waals surface area (Å²) in [6.07, 6.45) is 4.87. The number of benzene rings is 2. The van der Waals surface area contributed by atoms with Crippen molar-refractivity contribution in [2.24, 2.45) is 5.41 Å². The number of hydrogen-bond acceptors (Lipinski definition) is 4. The van der Waals surface area contributed by atoms with Crippen LogP contribution < -0.4 is 9.44 Å². The van der Waals surface area contributed by atoms with Crippen molar-refractivity contribution in [1.29, 1.82) is 0 Å². The summed E-state index contributed by atoms with van der Waals surface area (Å²) < 4.78 is 55.9. The number of halogens is 2. The third-order valence-corrected chi connectivity index (χ3v) is 9.27. The van der Waals surface area contributed by atoms with Crippen LogP contribution >= 0.6 is 23.2 Å². The second-order valence-corrected chi connectivity index (χ2v) is 12.6. The monoisotopic (exact) mass is 534 g/mol. The predicted molar refractivity (Wildman–Crippen MR) is 135 cm³/mol. The minimum Gasteiger partial charge on any atom is -0.211 e. The van der Waals surface area contributed by atoms with E-state index in [2.05, 4.69) is 16.4 Å². The van der Waals surface area contributed by atoms with Crippen LogP contribution in [0.5, 0.6) is 0 Å². The van der Waals surface area contributed by atoms with E-state index in [0.717, 1.165) is 25.7 Å². The summed E-state index contributed by atoms with van der Waals surface area (Å²) in [6.45, 7) is 4.70. The maximum Gasteiger partial charge on any atom is 0.240 e. The fraction of sp³-hybridized carbons (Fsp3) is 0.478. The van der Waals surface area contributed by atoms with Crippen molar-refractivity contribution in [3.63, 3.8) is 0 Å². The Balaban J connectivity index is 2.02. The lowest BCUT2D eigenvalue weighted by Gasteiger charge is -2.33. The third-order valence-electron chi connectivity index (χ3n) is 5.87. The molecule has 1 atom stereocenters. The Labute approximate surface area is 208 Å². The van der Waals surface area contributed by atoms with Crippen LogP contribution in [0, 0.1) is 5.41 Å². The maximum absolute atomic E-state index is 12.8. The number of sulfonamides is 2. The van der Waals surface area contributed by atoms with Gasteiger partial charge >= 0.3 is 0 Å². The molecule has 2 aromatic rings. The van der Waals surface area contributed by atoms with Gasteiger partial charge in [0.1, 0.15) is 0 Å². The summed E-state index contributed by atoms with van der Waals surface area (Å²) in [5.74, 6) is 0. The molecule has 0 fully saturated rings. The Kier molecular flexibility index (Phi) is 10.7. The fourth-order valence-corrected chi connectivity index (χ4v) is 6.13. The highest BCUT2D eigenvalue weighted by Gasteiger charge is 2.29. The van der Waals surface area contributed by atoms with E-state index in [1.165, 1.54) is 36.4 Å². The smallest absolute Gasteiger partial charge is 0.211 e. The molecule has 2 aromatic carbocycles. The van der Waals surface area contributed by atoms with Crippen LogP contribution in [0.4, 0.5) is 0 Å². The molecule has 0 heterocycles. The van der Waals surface area contributed by atoms with E-state index in [1.54, 1.807) is 12.1 Å². The van der Waals surface area contributed by atoms with Gasteiger partial charge in [-0.2, -0.15) is 0 Å². The molecule has 184 valence electrons. The van der Waals surface area contributed by atoms with Crippen LogP contribution in [-0.2, 0) is 20.0 Å². The minimum absolute atomic E-state index is 0.162. The first kappa shape index (κ1) is 28.1. The van der Waals surface area contributed by atoms with Crippen molar-refractivity contribution in [3.8, 4) is 0 Å². The highest BCUT2D eigenvalue weighted by Crippen LogP contribution is 2.34. The molecule has 10 heteroatoms. The SMILES string of the molecule is CCCC[C@](CC)(CCCNS(=O)(=O)c1ccc(Cl)cc1)CNS(=O)(=O)c1ccc(Cl)cc1. The van der Waals surface area contributed by atoms with E-state index in [1.807, 2.05) is 6.92 Å². The van der Waals surface area contributed by atoms with E-state index in [-0.39, 0.29) is 21.8 Å². The van der Waals surface area contributed by atoms with E-state index in [0.29, 0.717) is 29.4 Å². The normalized spacial score (nSPS) is 14.2. The lowest BCUT2D eigenvalue weighted by Crippen LogP contribution is -2.38. The number of nitrogens with one attached hydrogen (secondary N) is 2. The zero-order valence-corrected chi connectivity index (χ0v) is 22.1. The molecule has 2 N–H and O–H groups in total. The Morgan fingerprint density at radius 3 is 1.64 bits per heavy atom. The minimum atomic E-state index is -3.67. The van der Waals surface area contributed by atoms with Gasteiger partial charge in [0.25, 0.3) is 0 Å². The summed E-state index contributed by atoms with van der Waals surface area (Å²) in [5.41, 5.74) is -0.263. The number of rotatable bonds is 14. The zero-order chi connectivity index (χ0) is 24.5. The molecular formula is C23H32Cl2N2O4S2. The van der Waals surface area contributed by atoms with Crippen LogP contribution in [-0.4, -0.2) is 29.9 Å². The quantitative estimate of drug-likeness (QED) is 0.307. The van der Waals surface area contributed by atoms with Gasteiger partial charge in [-0.05, 0) is 79.6 Å². The maximum atomic E-state index is 12.8. The Hall–Kier alpha value is -1.16. The standard InChI is InChI=1S/C23H32Cl2N2O4S2/c1-3-5-15-23(4-2,18-27-33(30,31)22-13-9-20(25)10-14-22)16-6-17-26-32(28,29)21-11-7-19(24)8-12-21/h7-14,26-27H,3-6,15-18H2,1-2H3/t23-/m1/s1. The molecule has 6 nitrogen and oxygen atoms in total. The molecule has 2 rings (SSSR count). The van der Waals surface area contributed by atoms with Crippen molar-refractivity contribution in [2.75, 3.05) is 13.1 Å². The van der Waals surface area contributed by atoms with Crippen LogP contribution in [0.25, 0.3) is 0 Å². The average Bonchev–Trinajstić information content (AvgIpc) is 2.79. The van der Waals surface area contributed by atoms with E-state index >= 15 is 0 Å². The fourth-order valence-electron chi connectivity index (χ4n) is 3.64. The zero-order valence-electron chi connectivity index (χ0n) is 19.0. The molecule has 0 aliphatic rings. The average molecular weight is 536 g/mol. The Morgan fingerprint density at radius 1 is 0.727 bits per heavy atom. The van der Waals surface area contributed by atoms with Gasteiger partial charge in [-0.15, -0.1) is 0 Å². The Morgan fingerprint density at radius 2 is 1.18 bits per heavy atom. The van der Waals surface area contributed by atoms with Crippen molar-refractivity contribution in [3.05, 3.63) is 58.6 Å². The molecule has 0 radical (unpaired) electrons. The largest absolute Gasteiger partial charge is 0.240 e. The topological polar surface area (TPSA) is 92.3 Å². The highest BCUT2D eigenvalue weighted by atomic mass is 35.5. The molecule has 0 saturated heterocycles.